The van der Waals surface area contributed by atoms with E-state index in [1.807, 2.05) is 0 Å². The van der Waals surface area contributed by atoms with E-state index in [0.29, 0.717) is 27.7 Å². The molecule has 1 aromatic carbocycles. The van der Waals surface area contributed by atoms with Crippen LogP contribution in [0.4, 0.5) is 11.4 Å². The lowest BCUT2D eigenvalue weighted by molar-refractivity contribution is -0.383. The molecule has 2 rings (SSSR count). The fraction of sp³-hybridized carbons (Fsp3) is 0.0909. The number of benzene rings is 1. The first-order valence-electron chi connectivity index (χ1n) is 5.09. The number of nitro benzene ring substituents is 1. The minimum absolute atomic E-state index is 0.0720. The molecule has 0 unspecified atom stereocenters. The molecule has 2 aromatic rings. The van der Waals surface area contributed by atoms with Crippen molar-refractivity contribution < 1.29 is 9.34 Å². The Morgan fingerprint density at radius 3 is 2.68 bits per heavy atom. The number of rotatable bonds is 4. The molecule has 0 atom stereocenters. The summed E-state index contributed by atoms with van der Waals surface area (Å²) in [7, 11) is 0. The molecule has 0 aliphatic rings. The predicted molar refractivity (Wildman–Crippen MR) is 79.5 cm³/mol. The van der Waals surface area contributed by atoms with Gasteiger partial charge in [0.15, 0.2) is 4.67 Å². The molecule has 0 saturated carbocycles. The second-order valence-electron chi connectivity index (χ2n) is 3.61. The number of furan rings is 1. The molecule has 8 heteroatoms. The molecule has 100 valence electrons. The molecule has 1 N–H and O–H groups in total. The highest BCUT2D eigenvalue weighted by Crippen LogP contribution is 2.30. The molecule has 0 spiro atoms. The van der Waals surface area contributed by atoms with E-state index in [9.17, 15) is 10.1 Å². The summed E-state index contributed by atoms with van der Waals surface area (Å²) >= 11 is 12.3. The van der Waals surface area contributed by atoms with Crippen LogP contribution >= 0.6 is 43.5 Å². The number of nitrogens with zero attached hydrogens (tertiary/aromatic N) is 1. The lowest BCUT2D eigenvalue weighted by Gasteiger charge is -2.05. The summed E-state index contributed by atoms with van der Waals surface area (Å²) in [6, 6.07) is 6.23. The Kier molecular flexibility index (Phi) is 4.49. The van der Waals surface area contributed by atoms with Gasteiger partial charge >= 0.3 is 0 Å². The molecule has 0 saturated heterocycles. The number of hydrogen-bond acceptors (Lipinski definition) is 4. The molecule has 0 amide bonds. The Balaban J connectivity index is 2.17. The predicted octanol–water partition coefficient (Wildman–Crippen LogP) is 4.98. The Morgan fingerprint density at radius 1 is 1.37 bits per heavy atom. The first-order chi connectivity index (χ1) is 8.97. The first-order valence-corrected chi connectivity index (χ1v) is 7.05. The van der Waals surface area contributed by atoms with E-state index in [-0.39, 0.29) is 5.69 Å². The number of nitro groups is 1. The standard InChI is InChI=1S/C11H7Br2ClN2O3/c12-8-4-7(19-11(8)13)5-15-9-2-1-6(14)3-10(9)16(17)18/h1-4,15H,5H2. The van der Waals surface area contributed by atoms with Crippen molar-refractivity contribution in [3.63, 3.8) is 0 Å². The minimum Gasteiger partial charge on any atom is -0.451 e. The van der Waals surface area contributed by atoms with Gasteiger partial charge in [-0.25, -0.2) is 0 Å². The summed E-state index contributed by atoms with van der Waals surface area (Å²) < 4.78 is 6.74. The summed E-state index contributed by atoms with van der Waals surface area (Å²) in [6.07, 6.45) is 0. The van der Waals surface area contributed by atoms with Crippen molar-refractivity contribution in [3.8, 4) is 0 Å². The van der Waals surface area contributed by atoms with Crippen LogP contribution in [0.1, 0.15) is 5.76 Å². The summed E-state index contributed by atoms with van der Waals surface area (Å²) in [4.78, 5) is 10.4. The van der Waals surface area contributed by atoms with Gasteiger partial charge in [-0.1, -0.05) is 11.6 Å². The lowest BCUT2D eigenvalue weighted by Crippen LogP contribution is -2.01. The zero-order valence-electron chi connectivity index (χ0n) is 9.32. The molecule has 1 heterocycles. The van der Waals surface area contributed by atoms with Crippen LogP contribution in [0.15, 0.2) is 37.8 Å². The Hall–Kier alpha value is -1.05. The molecule has 0 aliphatic heterocycles. The van der Waals surface area contributed by atoms with Gasteiger partial charge in [0.25, 0.3) is 5.69 Å². The highest BCUT2D eigenvalue weighted by atomic mass is 79.9. The maximum absolute atomic E-state index is 10.9. The molecule has 19 heavy (non-hydrogen) atoms. The average molecular weight is 410 g/mol. The molecular formula is C11H7Br2ClN2O3. The van der Waals surface area contributed by atoms with Crippen LogP contribution in [0, 0.1) is 10.1 Å². The summed E-state index contributed by atoms with van der Waals surface area (Å²) in [5.74, 6) is 0.642. The van der Waals surface area contributed by atoms with E-state index in [1.165, 1.54) is 6.07 Å². The van der Waals surface area contributed by atoms with Crippen molar-refractivity contribution in [2.24, 2.45) is 0 Å². The van der Waals surface area contributed by atoms with Crippen molar-refractivity contribution in [3.05, 3.63) is 54.3 Å². The van der Waals surface area contributed by atoms with Gasteiger partial charge in [-0.15, -0.1) is 0 Å². The summed E-state index contributed by atoms with van der Waals surface area (Å²) in [5, 5.41) is 14.2. The smallest absolute Gasteiger partial charge is 0.293 e. The van der Waals surface area contributed by atoms with E-state index in [2.05, 4.69) is 37.2 Å². The monoisotopic (exact) mass is 408 g/mol. The quantitative estimate of drug-likeness (QED) is 0.570. The highest BCUT2D eigenvalue weighted by Gasteiger charge is 2.14. The number of halogens is 3. The largest absolute Gasteiger partial charge is 0.451 e. The van der Waals surface area contributed by atoms with Crippen LogP contribution in [0.2, 0.25) is 5.02 Å². The Bertz CT molecular complexity index is 611. The fourth-order valence-corrected chi connectivity index (χ4v) is 2.29. The van der Waals surface area contributed by atoms with Crippen LogP contribution in [-0.4, -0.2) is 4.92 Å². The Labute approximate surface area is 130 Å². The van der Waals surface area contributed by atoms with E-state index in [4.69, 9.17) is 16.0 Å². The third-order valence-electron chi connectivity index (χ3n) is 2.31. The highest BCUT2D eigenvalue weighted by molar-refractivity contribution is 9.13. The third-order valence-corrected chi connectivity index (χ3v) is 4.25. The van der Waals surface area contributed by atoms with E-state index >= 15 is 0 Å². The van der Waals surface area contributed by atoms with Crippen molar-refractivity contribution >= 4 is 54.8 Å². The lowest BCUT2D eigenvalue weighted by atomic mass is 10.2. The van der Waals surface area contributed by atoms with E-state index in [0.717, 1.165) is 4.47 Å². The Morgan fingerprint density at radius 2 is 2.11 bits per heavy atom. The van der Waals surface area contributed by atoms with Gasteiger partial charge in [-0.2, -0.15) is 0 Å². The minimum atomic E-state index is -0.484. The molecule has 0 radical (unpaired) electrons. The second-order valence-corrected chi connectivity index (χ2v) is 5.62. The molecule has 1 aromatic heterocycles. The normalized spacial score (nSPS) is 10.5. The maximum atomic E-state index is 10.9. The van der Waals surface area contributed by atoms with Crippen molar-refractivity contribution in [2.75, 3.05) is 5.32 Å². The first kappa shape index (κ1) is 14.4. The summed E-state index contributed by atoms with van der Waals surface area (Å²) in [6.45, 7) is 0.326. The van der Waals surface area contributed by atoms with Crippen LogP contribution in [-0.2, 0) is 6.54 Å². The SMILES string of the molecule is O=[N+]([O-])c1cc(Cl)ccc1NCc1cc(Br)c(Br)o1. The van der Waals surface area contributed by atoms with Gasteiger partial charge in [0.2, 0.25) is 0 Å². The molecule has 5 nitrogen and oxygen atoms in total. The van der Waals surface area contributed by atoms with E-state index < -0.39 is 4.92 Å². The number of hydrogen-bond donors (Lipinski definition) is 1. The van der Waals surface area contributed by atoms with Gasteiger partial charge in [-0.05, 0) is 50.1 Å². The van der Waals surface area contributed by atoms with E-state index in [1.54, 1.807) is 18.2 Å². The number of anilines is 1. The zero-order chi connectivity index (χ0) is 14.0. The van der Waals surface area contributed by atoms with Crippen molar-refractivity contribution in [1.82, 2.24) is 0 Å². The van der Waals surface area contributed by atoms with Crippen molar-refractivity contribution in [1.29, 1.82) is 0 Å². The molecule has 0 aliphatic carbocycles. The average Bonchev–Trinajstić information content (AvgIpc) is 2.67. The molecule has 0 fully saturated rings. The van der Waals surface area contributed by atoms with Gasteiger partial charge in [0, 0.05) is 11.1 Å². The molecular weight excluding hydrogens is 403 g/mol. The van der Waals surface area contributed by atoms with Gasteiger partial charge in [0.1, 0.15) is 11.4 Å². The van der Waals surface area contributed by atoms with Crippen LogP contribution in [0.25, 0.3) is 0 Å². The van der Waals surface area contributed by atoms with Gasteiger partial charge in [0.05, 0.1) is 15.9 Å². The number of nitrogens with one attached hydrogen (secondary N) is 1. The third kappa shape index (κ3) is 3.49. The van der Waals surface area contributed by atoms with Crippen LogP contribution in [0.5, 0.6) is 0 Å². The zero-order valence-corrected chi connectivity index (χ0v) is 13.3. The summed E-state index contributed by atoms with van der Waals surface area (Å²) in [5.41, 5.74) is 0.315. The van der Waals surface area contributed by atoms with Crippen LogP contribution in [0.3, 0.4) is 0 Å². The second kappa shape index (κ2) is 5.94. The fourth-order valence-electron chi connectivity index (χ4n) is 1.47. The van der Waals surface area contributed by atoms with Crippen LogP contribution < -0.4 is 5.32 Å². The topological polar surface area (TPSA) is 68.3 Å². The maximum Gasteiger partial charge on any atom is 0.293 e. The molecule has 0 bridgehead atoms. The van der Waals surface area contributed by atoms with Gasteiger partial charge in [-0.3, -0.25) is 10.1 Å². The van der Waals surface area contributed by atoms with Gasteiger partial charge < -0.3 is 9.73 Å². The van der Waals surface area contributed by atoms with Crippen molar-refractivity contribution in [2.45, 2.75) is 6.54 Å².